The summed E-state index contributed by atoms with van der Waals surface area (Å²) in [5, 5.41) is 10.0. The van der Waals surface area contributed by atoms with E-state index in [-0.39, 0.29) is 0 Å². The average molecular weight is 280 g/mol. The summed E-state index contributed by atoms with van der Waals surface area (Å²) in [7, 11) is 0. The maximum atomic E-state index is 3.36. The minimum Gasteiger partial charge on any atom is -0.292 e. The van der Waals surface area contributed by atoms with Gasteiger partial charge in [-0.3, -0.25) is 20.9 Å². The molecule has 3 saturated heterocycles. The van der Waals surface area contributed by atoms with Crippen molar-refractivity contribution >= 4 is 24.3 Å². The highest BCUT2D eigenvalue weighted by molar-refractivity contribution is 7.96. The second kappa shape index (κ2) is 8.48. The van der Waals surface area contributed by atoms with E-state index in [1.807, 2.05) is 0 Å². The molecule has 0 amide bonds. The largest absolute Gasteiger partial charge is 0.292 e. The van der Waals surface area contributed by atoms with E-state index >= 15 is 0 Å². The molecule has 8 nitrogen and oxygen atoms in total. The Labute approximate surface area is 111 Å². The van der Waals surface area contributed by atoms with E-state index in [1.165, 1.54) is 12.1 Å². The Morgan fingerprint density at radius 2 is 1.47 bits per heavy atom. The lowest BCUT2D eigenvalue weighted by molar-refractivity contribution is 0.225. The normalized spacial score (nSPS) is 33.9. The van der Waals surface area contributed by atoms with Gasteiger partial charge in [-0.15, -0.1) is 0 Å². The van der Waals surface area contributed by atoms with Crippen LogP contribution in [0.5, 0.6) is 0 Å². The van der Waals surface area contributed by atoms with Crippen LogP contribution in [0, 0.1) is 0 Å². The fourth-order valence-corrected chi connectivity index (χ4v) is 2.72. The molecule has 2 atom stereocenters. The molecule has 3 heterocycles. The molecule has 10 heteroatoms. The average Bonchev–Trinajstić information content (AvgIpc) is 2.29. The van der Waals surface area contributed by atoms with E-state index in [1.54, 1.807) is 12.1 Å². The zero-order valence-corrected chi connectivity index (χ0v) is 11.3. The first kappa shape index (κ1) is 13.8. The van der Waals surface area contributed by atoms with Gasteiger partial charge in [-0.05, 0) is 0 Å². The monoisotopic (exact) mass is 280 g/mol. The van der Waals surface area contributed by atoms with Crippen molar-refractivity contribution in [1.29, 1.82) is 0 Å². The molecule has 3 fully saturated rings. The molecule has 3 rings (SSSR count). The predicted octanol–water partition coefficient (Wildman–Crippen LogP) is -2.02. The van der Waals surface area contributed by atoms with Crippen molar-refractivity contribution in [2.45, 2.75) is 0 Å². The predicted molar refractivity (Wildman–Crippen MR) is 71.7 cm³/mol. The summed E-state index contributed by atoms with van der Waals surface area (Å²) in [5.41, 5.74) is 0. The van der Waals surface area contributed by atoms with Crippen LogP contribution in [-0.4, -0.2) is 55.9 Å². The van der Waals surface area contributed by atoms with Crippen molar-refractivity contribution in [2.75, 3.05) is 46.7 Å². The molecular weight excluding hydrogens is 260 g/mol. The molecule has 0 aromatic heterocycles. The highest BCUT2D eigenvalue weighted by atomic mass is 32.2. The van der Waals surface area contributed by atoms with Gasteiger partial charge in [0.05, 0.1) is 40.0 Å². The van der Waals surface area contributed by atoms with Crippen molar-refractivity contribution in [1.82, 2.24) is 39.3 Å². The van der Waals surface area contributed by atoms with Gasteiger partial charge < -0.3 is 0 Å². The van der Waals surface area contributed by atoms with E-state index in [4.69, 9.17) is 0 Å². The standard InChI is InChI=1S/C7H20N8S2/c1-8-3-14-4-10-2-11-17-15(5-9-1)7-13-16-12-6-14/h8-13H,1-7H2. The van der Waals surface area contributed by atoms with Gasteiger partial charge in [-0.1, -0.05) is 0 Å². The summed E-state index contributed by atoms with van der Waals surface area (Å²) < 4.78 is 12.0. The summed E-state index contributed by atoms with van der Waals surface area (Å²) in [4.78, 5) is 2.25. The Morgan fingerprint density at radius 1 is 0.706 bits per heavy atom. The fourth-order valence-electron chi connectivity index (χ4n) is 1.44. The molecule has 100 valence electrons. The third-order valence-corrected chi connectivity index (χ3v) is 3.61. The van der Waals surface area contributed by atoms with Gasteiger partial charge in [0.15, 0.2) is 0 Å². The lowest BCUT2D eigenvalue weighted by Crippen LogP contribution is -2.50. The smallest absolute Gasteiger partial charge is 0.0713 e. The van der Waals surface area contributed by atoms with Crippen molar-refractivity contribution in [3.05, 3.63) is 0 Å². The van der Waals surface area contributed by atoms with Gasteiger partial charge >= 0.3 is 0 Å². The van der Waals surface area contributed by atoms with Crippen molar-refractivity contribution in [2.24, 2.45) is 0 Å². The van der Waals surface area contributed by atoms with E-state index in [0.29, 0.717) is 0 Å². The van der Waals surface area contributed by atoms with Crippen LogP contribution in [0.3, 0.4) is 0 Å². The Kier molecular flexibility index (Phi) is 6.88. The van der Waals surface area contributed by atoms with Crippen LogP contribution < -0.4 is 30.1 Å². The van der Waals surface area contributed by atoms with Gasteiger partial charge in [0.25, 0.3) is 0 Å². The van der Waals surface area contributed by atoms with Gasteiger partial charge in [-0.25, -0.2) is 18.5 Å². The lowest BCUT2D eigenvalue weighted by atomic mass is 10.7. The Morgan fingerprint density at radius 3 is 2.41 bits per heavy atom. The highest BCUT2D eigenvalue weighted by Crippen LogP contribution is 2.03. The summed E-state index contributed by atoms with van der Waals surface area (Å²) >= 11 is 3.14. The molecule has 2 bridgehead atoms. The van der Waals surface area contributed by atoms with E-state index in [9.17, 15) is 0 Å². The second-order valence-corrected chi connectivity index (χ2v) is 5.44. The summed E-state index contributed by atoms with van der Waals surface area (Å²) in [6.45, 7) is 5.71. The quantitative estimate of drug-likeness (QED) is 0.280. The first-order valence-electron chi connectivity index (χ1n) is 5.56. The number of fused-ring (bicyclic) bond motifs is 12. The SMILES string of the molecule is C1NCN2CNCNSN(CN1)CNSNC2. The van der Waals surface area contributed by atoms with Crippen LogP contribution in [0.25, 0.3) is 0 Å². The maximum Gasteiger partial charge on any atom is 0.0713 e. The van der Waals surface area contributed by atoms with Gasteiger partial charge in [0.2, 0.25) is 0 Å². The zero-order valence-electron chi connectivity index (χ0n) is 9.66. The second-order valence-electron chi connectivity index (χ2n) is 3.67. The molecule has 3 aliphatic rings. The number of nitrogens with one attached hydrogen (secondary N) is 6. The molecule has 0 aromatic carbocycles. The minimum atomic E-state index is 0.783. The molecule has 2 unspecified atom stereocenters. The van der Waals surface area contributed by atoms with Crippen molar-refractivity contribution in [3.8, 4) is 0 Å². The summed E-state index contributed by atoms with van der Waals surface area (Å²) in [6.07, 6.45) is 0. The molecule has 6 N–H and O–H groups in total. The molecule has 0 saturated carbocycles. The number of hydrogen-bond donors (Lipinski definition) is 6. The van der Waals surface area contributed by atoms with E-state index < -0.39 is 0 Å². The minimum absolute atomic E-state index is 0.783. The Balaban J connectivity index is 1.90. The van der Waals surface area contributed by atoms with Gasteiger partial charge in [-0.2, -0.15) is 0 Å². The Hall–Kier alpha value is 0.380. The van der Waals surface area contributed by atoms with Crippen LogP contribution in [0.15, 0.2) is 0 Å². The zero-order chi connectivity index (χ0) is 11.8. The van der Waals surface area contributed by atoms with E-state index in [0.717, 1.165) is 46.7 Å². The first-order chi connectivity index (χ1) is 8.45. The van der Waals surface area contributed by atoms with Crippen molar-refractivity contribution < 1.29 is 0 Å². The highest BCUT2D eigenvalue weighted by Gasteiger charge is 2.09. The number of hydrogen-bond acceptors (Lipinski definition) is 10. The number of rotatable bonds is 0. The summed E-state index contributed by atoms with van der Waals surface area (Å²) in [5.74, 6) is 0. The molecule has 3 aliphatic heterocycles. The van der Waals surface area contributed by atoms with Gasteiger partial charge in [0, 0.05) is 30.9 Å². The number of nitrogens with zero attached hydrogens (tertiary/aromatic N) is 2. The fraction of sp³-hybridized carbons (Fsp3) is 1.00. The van der Waals surface area contributed by atoms with Crippen LogP contribution >= 0.6 is 24.3 Å². The van der Waals surface area contributed by atoms with Crippen LogP contribution in [0.2, 0.25) is 0 Å². The third kappa shape index (κ3) is 5.70. The molecule has 0 aliphatic carbocycles. The lowest BCUT2D eigenvalue weighted by Gasteiger charge is -2.28. The van der Waals surface area contributed by atoms with Gasteiger partial charge in [0.1, 0.15) is 0 Å². The van der Waals surface area contributed by atoms with Crippen molar-refractivity contribution in [3.63, 3.8) is 0 Å². The summed E-state index contributed by atoms with van der Waals surface area (Å²) in [6, 6.07) is 0. The molecule has 17 heavy (non-hydrogen) atoms. The van der Waals surface area contributed by atoms with E-state index in [2.05, 4.69) is 39.3 Å². The topological polar surface area (TPSA) is 78.7 Å². The van der Waals surface area contributed by atoms with Crippen LogP contribution in [-0.2, 0) is 0 Å². The third-order valence-electron chi connectivity index (χ3n) is 2.27. The first-order valence-corrected chi connectivity index (χ1v) is 7.15. The maximum absolute atomic E-state index is 3.36. The molecular formula is C7H20N8S2. The van der Waals surface area contributed by atoms with Crippen LogP contribution in [0.4, 0.5) is 0 Å². The van der Waals surface area contributed by atoms with Crippen LogP contribution in [0.1, 0.15) is 0 Å². The molecule has 0 spiro atoms. The molecule has 0 radical (unpaired) electrons. The molecule has 0 aromatic rings. The Bertz CT molecular complexity index is 157.